The maximum atomic E-state index is 12.1. The molecule has 0 radical (unpaired) electrons. The fourth-order valence-corrected chi connectivity index (χ4v) is 4.76. The van der Waals surface area contributed by atoms with E-state index < -0.39 is 17.7 Å². The van der Waals surface area contributed by atoms with Crippen LogP contribution in [0.1, 0.15) is 72.3 Å². The Morgan fingerprint density at radius 3 is 2.24 bits per heavy atom. The number of carbonyl (C=O) groups excluding carboxylic acids is 2. The van der Waals surface area contributed by atoms with Crippen molar-refractivity contribution in [1.82, 2.24) is 10.3 Å². The Bertz CT molecular complexity index is 1160. The molecule has 1 atom stereocenters. The number of rotatable bonds is 13. The summed E-state index contributed by atoms with van der Waals surface area (Å²) in [6.45, 7) is 9.82. The Kier molecular flexibility index (Phi) is 10.9. The first-order chi connectivity index (χ1) is 18.1. The van der Waals surface area contributed by atoms with E-state index >= 15 is 0 Å². The molecule has 0 aliphatic heterocycles. The number of aromatic nitrogens is 1. The SMILES string of the molecule is CCCCCCCOc1ccc(-c2nc(-c3ccc(C[C@H](NC(=O)OC(C)(C)C)C(C)=O)cc3)cs2)cc1. The molecular weight excluding hydrogens is 496 g/mol. The lowest BCUT2D eigenvalue weighted by molar-refractivity contribution is -0.119. The molecule has 3 rings (SSSR count). The summed E-state index contributed by atoms with van der Waals surface area (Å²) >= 11 is 1.60. The number of hydrogen-bond acceptors (Lipinski definition) is 6. The van der Waals surface area contributed by atoms with E-state index in [4.69, 9.17) is 14.5 Å². The van der Waals surface area contributed by atoms with Crippen LogP contribution in [0.3, 0.4) is 0 Å². The van der Waals surface area contributed by atoms with E-state index in [2.05, 4.69) is 24.4 Å². The van der Waals surface area contributed by atoms with Gasteiger partial charge < -0.3 is 14.8 Å². The first kappa shape index (κ1) is 29.4. The van der Waals surface area contributed by atoms with Gasteiger partial charge in [0, 0.05) is 16.5 Å². The van der Waals surface area contributed by atoms with Gasteiger partial charge >= 0.3 is 6.09 Å². The number of amides is 1. The highest BCUT2D eigenvalue weighted by Crippen LogP contribution is 2.30. The van der Waals surface area contributed by atoms with Crippen LogP contribution in [0.5, 0.6) is 5.75 Å². The molecule has 3 aromatic rings. The number of unbranched alkanes of at least 4 members (excludes halogenated alkanes) is 4. The Balaban J connectivity index is 1.56. The molecule has 0 aliphatic carbocycles. The molecule has 1 aromatic heterocycles. The van der Waals surface area contributed by atoms with Gasteiger partial charge in [-0.05, 0) is 70.4 Å². The average Bonchev–Trinajstić information content (AvgIpc) is 3.36. The molecular formula is C31H40N2O4S. The maximum absolute atomic E-state index is 12.1. The van der Waals surface area contributed by atoms with Gasteiger partial charge in [-0.2, -0.15) is 0 Å². The third kappa shape index (κ3) is 9.60. The molecule has 1 heterocycles. The fourth-order valence-electron chi connectivity index (χ4n) is 3.92. The van der Waals surface area contributed by atoms with Gasteiger partial charge in [-0.15, -0.1) is 11.3 Å². The second-order valence-corrected chi connectivity index (χ2v) is 11.4. The van der Waals surface area contributed by atoms with Gasteiger partial charge in [-0.1, -0.05) is 56.9 Å². The zero-order chi connectivity index (χ0) is 27.5. The van der Waals surface area contributed by atoms with Crippen molar-refractivity contribution in [2.75, 3.05) is 6.61 Å². The molecule has 1 N–H and O–H groups in total. The summed E-state index contributed by atoms with van der Waals surface area (Å²) in [6.07, 6.45) is 5.93. The minimum absolute atomic E-state index is 0.118. The van der Waals surface area contributed by atoms with E-state index in [1.54, 1.807) is 32.1 Å². The van der Waals surface area contributed by atoms with Crippen LogP contribution < -0.4 is 10.1 Å². The molecule has 0 spiro atoms. The summed E-state index contributed by atoms with van der Waals surface area (Å²) in [5.74, 6) is 0.772. The quantitative estimate of drug-likeness (QED) is 0.225. The zero-order valence-corrected chi connectivity index (χ0v) is 24.0. The van der Waals surface area contributed by atoms with Crippen molar-refractivity contribution in [3.63, 3.8) is 0 Å². The summed E-state index contributed by atoms with van der Waals surface area (Å²) in [6, 6.07) is 15.4. The normalized spacial score (nSPS) is 12.1. The number of Topliss-reactive ketones (excluding diaryl/α,β-unsaturated/α-hetero) is 1. The zero-order valence-electron chi connectivity index (χ0n) is 23.2. The van der Waals surface area contributed by atoms with E-state index in [0.717, 1.165) is 46.2 Å². The number of carbonyl (C=O) groups is 2. The Morgan fingerprint density at radius 1 is 0.947 bits per heavy atom. The Morgan fingerprint density at radius 2 is 1.61 bits per heavy atom. The predicted molar refractivity (Wildman–Crippen MR) is 155 cm³/mol. The second kappa shape index (κ2) is 14.1. The van der Waals surface area contributed by atoms with E-state index in [9.17, 15) is 9.59 Å². The lowest BCUT2D eigenvalue weighted by Crippen LogP contribution is -2.43. The van der Waals surface area contributed by atoms with Crippen LogP contribution in [-0.4, -0.2) is 35.1 Å². The van der Waals surface area contributed by atoms with Crippen LogP contribution in [0.25, 0.3) is 21.8 Å². The number of nitrogens with zero attached hydrogens (tertiary/aromatic N) is 1. The molecule has 0 unspecified atom stereocenters. The molecule has 0 aliphatic rings. The highest BCUT2D eigenvalue weighted by molar-refractivity contribution is 7.13. The molecule has 7 heteroatoms. The van der Waals surface area contributed by atoms with Crippen LogP contribution in [0.2, 0.25) is 0 Å². The number of nitrogens with one attached hydrogen (secondary N) is 1. The van der Waals surface area contributed by atoms with Gasteiger partial charge in [0.15, 0.2) is 5.78 Å². The third-order valence-corrected chi connectivity index (χ3v) is 6.88. The number of benzene rings is 2. The van der Waals surface area contributed by atoms with E-state index in [0.29, 0.717) is 6.42 Å². The lowest BCUT2D eigenvalue weighted by atomic mass is 10.0. The topological polar surface area (TPSA) is 77.5 Å². The summed E-state index contributed by atoms with van der Waals surface area (Å²) in [7, 11) is 0. The molecule has 6 nitrogen and oxygen atoms in total. The van der Waals surface area contributed by atoms with Gasteiger partial charge in [-0.3, -0.25) is 4.79 Å². The van der Waals surface area contributed by atoms with Gasteiger partial charge in [0.05, 0.1) is 18.3 Å². The lowest BCUT2D eigenvalue weighted by Gasteiger charge is -2.22. The van der Waals surface area contributed by atoms with Crippen LogP contribution in [0, 0.1) is 0 Å². The first-order valence-corrected chi connectivity index (χ1v) is 14.3. The molecule has 38 heavy (non-hydrogen) atoms. The molecule has 0 fully saturated rings. The smallest absolute Gasteiger partial charge is 0.408 e. The van der Waals surface area contributed by atoms with E-state index in [-0.39, 0.29) is 5.78 Å². The van der Waals surface area contributed by atoms with E-state index in [1.165, 1.54) is 32.6 Å². The predicted octanol–water partition coefficient (Wildman–Crippen LogP) is 7.85. The number of ketones is 1. The van der Waals surface area contributed by atoms with Crippen molar-refractivity contribution in [3.8, 4) is 27.6 Å². The third-order valence-electron chi connectivity index (χ3n) is 5.99. The number of hydrogen-bond donors (Lipinski definition) is 1. The van der Waals surface area contributed by atoms with Gasteiger partial charge in [0.25, 0.3) is 0 Å². The number of ether oxygens (including phenoxy) is 2. The summed E-state index contributed by atoms with van der Waals surface area (Å²) in [5.41, 5.74) is 3.29. The van der Waals surface area contributed by atoms with Gasteiger partial charge in [0.1, 0.15) is 16.4 Å². The Labute approximate surface area is 230 Å². The molecule has 2 aromatic carbocycles. The minimum atomic E-state index is -0.644. The highest BCUT2D eigenvalue weighted by atomic mass is 32.1. The molecule has 0 bridgehead atoms. The van der Waals surface area contributed by atoms with Gasteiger partial charge in [0.2, 0.25) is 0 Å². The van der Waals surface area contributed by atoms with Crippen LogP contribution in [0.15, 0.2) is 53.9 Å². The standard InChI is InChI=1S/C31H40N2O4S/c1-6-7-8-9-10-19-36-26-17-15-25(16-18-26)29-32-28(21-38-29)24-13-11-23(12-14-24)20-27(22(2)34)33-30(35)37-31(3,4)5/h11-18,21,27H,6-10,19-20H2,1-5H3,(H,33,35)/t27-/m0/s1. The second-order valence-electron chi connectivity index (χ2n) is 10.5. The number of alkyl carbamates (subject to hydrolysis) is 1. The highest BCUT2D eigenvalue weighted by Gasteiger charge is 2.22. The maximum Gasteiger partial charge on any atom is 0.408 e. The number of thiazole rings is 1. The van der Waals surface area contributed by atoms with Gasteiger partial charge in [-0.25, -0.2) is 9.78 Å². The van der Waals surface area contributed by atoms with Crippen molar-refractivity contribution in [2.45, 2.75) is 84.8 Å². The van der Waals surface area contributed by atoms with E-state index in [1.807, 2.05) is 41.8 Å². The van der Waals surface area contributed by atoms with Crippen LogP contribution >= 0.6 is 11.3 Å². The average molecular weight is 537 g/mol. The van der Waals surface area contributed by atoms with Crippen molar-refractivity contribution >= 4 is 23.2 Å². The van der Waals surface area contributed by atoms with Crippen LogP contribution in [-0.2, 0) is 16.0 Å². The summed E-state index contributed by atoms with van der Waals surface area (Å²) < 4.78 is 11.2. The van der Waals surface area contributed by atoms with Crippen molar-refractivity contribution in [3.05, 3.63) is 59.5 Å². The fraction of sp³-hybridized carbons (Fsp3) is 0.452. The molecule has 0 saturated carbocycles. The Hall–Kier alpha value is -3.19. The molecule has 204 valence electrons. The summed E-state index contributed by atoms with van der Waals surface area (Å²) in [4.78, 5) is 29.1. The summed E-state index contributed by atoms with van der Waals surface area (Å²) in [5, 5.41) is 5.69. The van der Waals surface area contributed by atoms with Crippen LogP contribution in [0.4, 0.5) is 4.79 Å². The minimum Gasteiger partial charge on any atom is -0.494 e. The monoisotopic (exact) mass is 536 g/mol. The molecule has 1 amide bonds. The largest absolute Gasteiger partial charge is 0.494 e. The molecule has 0 saturated heterocycles. The van der Waals surface area contributed by atoms with Crippen molar-refractivity contribution in [2.24, 2.45) is 0 Å². The van der Waals surface area contributed by atoms with Crippen molar-refractivity contribution < 1.29 is 19.1 Å². The van der Waals surface area contributed by atoms with Crippen molar-refractivity contribution in [1.29, 1.82) is 0 Å². The first-order valence-electron chi connectivity index (χ1n) is 13.4.